The second kappa shape index (κ2) is 7.54. The van der Waals surface area contributed by atoms with Crippen LogP contribution in [0.5, 0.6) is 5.75 Å². The van der Waals surface area contributed by atoms with Crippen LogP contribution in [-0.4, -0.2) is 18.9 Å². The Morgan fingerprint density at radius 1 is 1.15 bits per heavy atom. The first-order valence-electron chi connectivity index (χ1n) is 9.54. The van der Waals surface area contributed by atoms with Crippen LogP contribution in [-0.2, 0) is 17.8 Å². The zero-order chi connectivity index (χ0) is 18.7. The Bertz CT molecular complexity index is 875. The second-order valence-electron chi connectivity index (χ2n) is 7.55. The maximum atomic E-state index is 9.29. The molecule has 2 aliphatic carbocycles. The Morgan fingerprint density at radius 2 is 1.93 bits per heavy atom. The summed E-state index contributed by atoms with van der Waals surface area (Å²) in [6.45, 7) is 0.533. The van der Waals surface area contributed by atoms with Crippen molar-refractivity contribution in [3.05, 3.63) is 65.2 Å². The van der Waals surface area contributed by atoms with Gasteiger partial charge in [0.05, 0.1) is 11.8 Å². The predicted octanol–water partition coefficient (Wildman–Crippen LogP) is 4.67. The van der Waals surface area contributed by atoms with Gasteiger partial charge in [-0.25, -0.2) is 0 Å². The van der Waals surface area contributed by atoms with Crippen LogP contribution in [0.1, 0.15) is 42.4 Å². The molecule has 2 aliphatic rings. The summed E-state index contributed by atoms with van der Waals surface area (Å²) in [5.41, 5.74) is 4.41. The molecule has 4 nitrogen and oxygen atoms in total. The highest BCUT2D eigenvalue weighted by Gasteiger charge is 2.45. The molecule has 0 atom stereocenters. The predicted molar refractivity (Wildman–Crippen MR) is 105 cm³/mol. The number of aliphatic imine (C=N–C) groups is 1. The van der Waals surface area contributed by atoms with Crippen LogP contribution in [0.3, 0.4) is 0 Å². The Kier molecular flexibility index (Phi) is 4.96. The lowest BCUT2D eigenvalue weighted by Crippen LogP contribution is -2.35. The number of ether oxygens (including phenoxy) is 2. The lowest BCUT2D eigenvalue weighted by molar-refractivity contribution is 0.0468. The molecular formula is C23H24N2O2. The number of nitriles is 1. The number of rotatable bonds is 4. The fraction of sp³-hybridized carbons (Fsp3) is 0.391. The van der Waals surface area contributed by atoms with Gasteiger partial charge in [0.25, 0.3) is 0 Å². The van der Waals surface area contributed by atoms with Gasteiger partial charge < -0.3 is 9.47 Å². The Hall–Kier alpha value is -2.64. The largest absolute Gasteiger partial charge is 0.489 e. The summed E-state index contributed by atoms with van der Waals surface area (Å²) in [6, 6.07) is 16.4. The average Bonchev–Trinajstić information content (AvgIpc) is 3.01. The molecule has 4 rings (SSSR count). The third-order valence-electron chi connectivity index (χ3n) is 6.00. The van der Waals surface area contributed by atoms with E-state index in [1.165, 1.54) is 5.56 Å². The highest BCUT2D eigenvalue weighted by atomic mass is 16.5. The van der Waals surface area contributed by atoms with Crippen molar-refractivity contribution >= 4 is 5.71 Å². The molecule has 0 N–H and O–H groups in total. The van der Waals surface area contributed by atoms with Crippen molar-refractivity contribution in [2.75, 3.05) is 7.11 Å². The van der Waals surface area contributed by atoms with E-state index in [2.05, 4.69) is 29.3 Å². The van der Waals surface area contributed by atoms with Crippen molar-refractivity contribution in [3.63, 3.8) is 0 Å². The van der Waals surface area contributed by atoms with E-state index >= 15 is 0 Å². The fourth-order valence-electron chi connectivity index (χ4n) is 4.52. The third kappa shape index (κ3) is 3.48. The van der Waals surface area contributed by atoms with E-state index in [0.717, 1.165) is 54.7 Å². The van der Waals surface area contributed by atoms with E-state index in [-0.39, 0.29) is 5.41 Å². The van der Waals surface area contributed by atoms with Gasteiger partial charge in [0, 0.05) is 18.1 Å². The Morgan fingerprint density at radius 3 is 2.63 bits per heavy atom. The molecule has 1 saturated carbocycles. The zero-order valence-corrected chi connectivity index (χ0v) is 15.6. The third-order valence-corrected chi connectivity index (χ3v) is 6.00. The summed E-state index contributed by atoms with van der Waals surface area (Å²) in [5, 5.41) is 9.29. The standard InChI is InChI=1S/C23H24N2O2/c1-26-19-9-11-23(12-10-19)14-18-7-8-20(13-21(18)22(23)25-16-24)27-15-17-5-3-2-4-6-17/h2-8,13,19H,9-12,14-15H2,1H3/b25-22-/t19-,23-. The molecule has 0 amide bonds. The highest BCUT2D eigenvalue weighted by Crippen LogP contribution is 2.48. The van der Waals surface area contributed by atoms with Crippen molar-refractivity contribution in [2.45, 2.75) is 44.8 Å². The van der Waals surface area contributed by atoms with Gasteiger partial charge in [0.15, 0.2) is 0 Å². The van der Waals surface area contributed by atoms with Gasteiger partial charge in [-0.05, 0) is 55.4 Å². The number of nitrogens with zero attached hydrogens (tertiary/aromatic N) is 2. The van der Waals surface area contributed by atoms with Crippen LogP contribution in [0.15, 0.2) is 53.5 Å². The highest BCUT2D eigenvalue weighted by molar-refractivity contribution is 6.09. The molecule has 0 unspecified atom stereocenters. The van der Waals surface area contributed by atoms with Gasteiger partial charge in [-0.2, -0.15) is 10.3 Å². The number of fused-ring (bicyclic) bond motifs is 1. The van der Waals surface area contributed by atoms with Gasteiger partial charge in [-0.1, -0.05) is 36.4 Å². The van der Waals surface area contributed by atoms with Crippen molar-refractivity contribution in [3.8, 4) is 11.9 Å². The molecule has 0 saturated heterocycles. The molecule has 138 valence electrons. The van der Waals surface area contributed by atoms with E-state index in [0.29, 0.717) is 12.7 Å². The van der Waals surface area contributed by atoms with Crippen molar-refractivity contribution < 1.29 is 9.47 Å². The zero-order valence-electron chi connectivity index (χ0n) is 15.6. The van der Waals surface area contributed by atoms with Crippen LogP contribution < -0.4 is 4.74 Å². The second-order valence-corrected chi connectivity index (χ2v) is 7.55. The summed E-state index contributed by atoms with van der Waals surface area (Å²) in [5.74, 6) is 0.825. The minimum absolute atomic E-state index is 0.0227. The molecular weight excluding hydrogens is 336 g/mol. The SMILES string of the molecule is CO[C@H]1CC[C@]2(CC1)Cc1ccc(OCc3ccccc3)cc1/C2=N/C#N. The monoisotopic (exact) mass is 360 g/mol. The number of hydrogen-bond donors (Lipinski definition) is 0. The van der Waals surface area contributed by atoms with E-state index < -0.39 is 0 Å². The molecule has 2 aromatic carbocycles. The molecule has 0 aromatic heterocycles. The Balaban J connectivity index is 1.57. The summed E-state index contributed by atoms with van der Waals surface area (Å²) in [4.78, 5) is 4.28. The first-order chi connectivity index (χ1) is 13.2. The van der Waals surface area contributed by atoms with Crippen molar-refractivity contribution in [2.24, 2.45) is 10.4 Å². The van der Waals surface area contributed by atoms with E-state index in [1.807, 2.05) is 30.5 Å². The summed E-state index contributed by atoms with van der Waals surface area (Å²) in [7, 11) is 1.78. The van der Waals surface area contributed by atoms with Crippen molar-refractivity contribution in [1.82, 2.24) is 0 Å². The van der Waals surface area contributed by atoms with Crippen LogP contribution in [0.4, 0.5) is 0 Å². The molecule has 0 heterocycles. The maximum absolute atomic E-state index is 9.29. The molecule has 1 spiro atoms. The summed E-state index contributed by atoms with van der Waals surface area (Å²) >= 11 is 0. The molecule has 27 heavy (non-hydrogen) atoms. The maximum Gasteiger partial charge on any atom is 0.205 e. The van der Waals surface area contributed by atoms with E-state index in [4.69, 9.17) is 9.47 Å². The quantitative estimate of drug-likeness (QED) is 0.745. The molecule has 1 fully saturated rings. The van der Waals surface area contributed by atoms with Crippen LogP contribution >= 0.6 is 0 Å². The molecule has 4 heteroatoms. The first kappa shape index (κ1) is 17.8. The minimum Gasteiger partial charge on any atom is -0.489 e. The molecule has 0 radical (unpaired) electrons. The van der Waals surface area contributed by atoms with Crippen LogP contribution in [0, 0.1) is 16.9 Å². The Labute approximate surface area is 160 Å². The number of benzene rings is 2. The smallest absolute Gasteiger partial charge is 0.205 e. The van der Waals surface area contributed by atoms with Gasteiger partial charge in [0.2, 0.25) is 6.19 Å². The average molecular weight is 360 g/mol. The minimum atomic E-state index is -0.0227. The van der Waals surface area contributed by atoms with Gasteiger partial charge >= 0.3 is 0 Å². The fourth-order valence-corrected chi connectivity index (χ4v) is 4.52. The van der Waals surface area contributed by atoms with Gasteiger partial charge in [0.1, 0.15) is 12.4 Å². The lowest BCUT2D eigenvalue weighted by Gasteiger charge is -2.36. The normalized spacial score (nSPS) is 25.3. The first-order valence-corrected chi connectivity index (χ1v) is 9.54. The lowest BCUT2D eigenvalue weighted by atomic mass is 9.70. The molecule has 0 bridgehead atoms. The molecule has 2 aromatic rings. The molecule has 0 aliphatic heterocycles. The number of methoxy groups -OCH3 is 1. The number of hydrogen-bond acceptors (Lipinski definition) is 4. The van der Waals surface area contributed by atoms with Crippen LogP contribution in [0.25, 0.3) is 0 Å². The van der Waals surface area contributed by atoms with E-state index in [9.17, 15) is 5.26 Å². The summed E-state index contributed by atoms with van der Waals surface area (Å²) < 4.78 is 11.5. The van der Waals surface area contributed by atoms with Crippen LogP contribution in [0.2, 0.25) is 0 Å². The van der Waals surface area contributed by atoms with E-state index in [1.54, 1.807) is 7.11 Å². The van der Waals surface area contributed by atoms with Gasteiger partial charge in [-0.3, -0.25) is 0 Å². The summed E-state index contributed by atoms with van der Waals surface area (Å²) in [6.07, 6.45) is 7.39. The van der Waals surface area contributed by atoms with Crippen molar-refractivity contribution in [1.29, 1.82) is 5.26 Å². The van der Waals surface area contributed by atoms with Gasteiger partial charge in [-0.15, -0.1) is 0 Å². The topological polar surface area (TPSA) is 54.6 Å².